The summed E-state index contributed by atoms with van der Waals surface area (Å²) in [7, 11) is 0. The summed E-state index contributed by atoms with van der Waals surface area (Å²) in [6.07, 6.45) is 4.69. The molecular formula is C23H28O2. The molecule has 0 aliphatic heterocycles. The van der Waals surface area contributed by atoms with Crippen LogP contribution in [0.25, 0.3) is 0 Å². The summed E-state index contributed by atoms with van der Waals surface area (Å²) in [5.74, 6) is 0.634. The van der Waals surface area contributed by atoms with Gasteiger partial charge in [-0.25, -0.2) is 0 Å². The van der Waals surface area contributed by atoms with E-state index in [1.165, 1.54) is 0 Å². The molecule has 0 aliphatic rings. The van der Waals surface area contributed by atoms with Crippen molar-refractivity contribution in [3.8, 4) is 11.5 Å². The highest BCUT2D eigenvalue weighted by atomic mass is 16.3. The Kier molecular flexibility index (Phi) is 6.08. The lowest BCUT2D eigenvalue weighted by molar-refractivity contribution is 0.457. The fourth-order valence-corrected chi connectivity index (χ4v) is 3.24. The van der Waals surface area contributed by atoms with Gasteiger partial charge in [0.15, 0.2) is 0 Å². The molecule has 2 nitrogen and oxygen atoms in total. The van der Waals surface area contributed by atoms with E-state index in [-0.39, 0.29) is 0 Å². The molecule has 0 atom stereocenters. The summed E-state index contributed by atoms with van der Waals surface area (Å²) < 4.78 is 0. The van der Waals surface area contributed by atoms with Crippen LogP contribution in [0, 0.1) is 6.92 Å². The van der Waals surface area contributed by atoms with Crippen molar-refractivity contribution >= 4 is 0 Å². The van der Waals surface area contributed by atoms with Crippen molar-refractivity contribution in [1.82, 2.24) is 0 Å². The number of phenolic OH excluding ortho intramolecular Hbond substituents is 2. The maximum Gasteiger partial charge on any atom is 0.122 e. The van der Waals surface area contributed by atoms with E-state index < -0.39 is 0 Å². The Labute approximate surface area is 151 Å². The van der Waals surface area contributed by atoms with Crippen molar-refractivity contribution < 1.29 is 10.2 Å². The van der Waals surface area contributed by atoms with E-state index in [4.69, 9.17) is 0 Å². The largest absolute Gasteiger partial charge is 0.507 e. The molecule has 2 rings (SSSR count). The Morgan fingerprint density at radius 2 is 1.60 bits per heavy atom. The highest BCUT2D eigenvalue weighted by Gasteiger charge is 2.13. The summed E-state index contributed by atoms with van der Waals surface area (Å²) >= 11 is 0. The maximum atomic E-state index is 10.6. The Bertz CT molecular complexity index is 800. The van der Waals surface area contributed by atoms with Gasteiger partial charge in [0.1, 0.15) is 11.5 Å². The first-order chi connectivity index (χ1) is 11.8. The first kappa shape index (κ1) is 18.9. The molecule has 0 unspecified atom stereocenters. The highest BCUT2D eigenvalue weighted by molar-refractivity contribution is 5.51. The summed E-state index contributed by atoms with van der Waals surface area (Å²) in [6.45, 7) is 13.7. The highest BCUT2D eigenvalue weighted by Crippen LogP contribution is 2.32. The lowest BCUT2D eigenvalue weighted by atomic mass is 9.93. The second kappa shape index (κ2) is 8.06. The quantitative estimate of drug-likeness (QED) is 0.664. The minimum Gasteiger partial charge on any atom is -0.507 e. The molecule has 2 aromatic carbocycles. The van der Waals surface area contributed by atoms with Crippen molar-refractivity contribution in [3.63, 3.8) is 0 Å². The van der Waals surface area contributed by atoms with Crippen LogP contribution in [0.3, 0.4) is 0 Å². The van der Waals surface area contributed by atoms with E-state index in [9.17, 15) is 10.2 Å². The number of hydrogen-bond donors (Lipinski definition) is 2. The van der Waals surface area contributed by atoms with Gasteiger partial charge in [-0.2, -0.15) is 0 Å². The Morgan fingerprint density at radius 3 is 2.20 bits per heavy atom. The second-order valence-electron chi connectivity index (χ2n) is 6.84. The molecule has 0 saturated carbocycles. The van der Waals surface area contributed by atoms with Crippen LogP contribution in [0.15, 0.2) is 49.1 Å². The first-order valence-corrected chi connectivity index (χ1v) is 8.76. The summed E-state index contributed by atoms with van der Waals surface area (Å²) in [5, 5.41) is 21.1. The molecule has 2 aromatic rings. The van der Waals surface area contributed by atoms with E-state index >= 15 is 0 Å². The molecule has 0 aromatic heterocycles. The number of rotatable bonds is 7. The zero-order valence-corrected chi connectivity index (χ0v) is 15.5. The molecule has 0 fully saturated rings. The molecule has 0 bridgehead atoms. The minimum atomic E-state index is 0.303. The van der Waals surface area contributed by atoms with E-state index in [2.05, 4.69) is 13.2 Å². The van der Waals surface area contributed by atoms with Gasteiger partial charge in [0, 0.05) is 6.42 Å². The number of allylic oxidation sites excluding steroid dienone is 2. The predicted molar refractivity (Wildman–Crippen MR) is 106 cm³/mol. The van der Waals surface area contributed by atoms with Crippen LogP contribution in [0.2, 0.25) is 0 Å². The van der Waals surface area contributed by atoms with Crippen molar-refractivity contribution in [2.45, 2.75) is 46.5 Å². The molecule has 0 amide bonds. The van der Waals surface area contributed by atoms with E-state index in [1.54, 1.807) is 0 Å². The van der Waals surface area contributed by atoms with Gasteiger partial charge in [0.2, 0.25) is 0 Å². The third-order valence-corrected chi connectivity index (χ3v) is 4.41. The summed E-state index contributed by atoms with van der Waals surface area (Å²) in [5.41, 5.74) is 6.82. The van der Waals surface area contributed by atoms with E-state index in [0.717, 1.165) is 58.2 Å². The number of benzene rings is 2. The number of phenols is 2. The molecule has 0 aliphatic carbocycles. The van der Waals surface area contributed by atoms with E-state index in [1.807, 2.05) is 51.1 Å². The van der Waals surface area contributed by atoms with Crippen LogP contribution in [-0.2, 0) is 25.7 Å². The average Bonchev–Trinajstić information content (AvgIpc) is 2.54. The Hall–Kier alpha value is -2.48. The molecule has 0 radical (unpaired) electrons. The number of aryl methyl sites for hydroxylation is 2. The van der Waals surface area contributed by atoms with Crippen molar-refractivity contribution in [2.75, 3.05) is 0 Å². The van der Waals surface area contributed by atoms with Crippen LogP contribution in [-0.4, -0.2) is 10.2 Å². The topological polar surface area (TPSA) is 40.5 Å². The Morgan fingerprint density at radius 1 is 1.00 bits per heavy atom. The molecule has 25 heavy (non-hydrogen) atoms. The number of aromatic hydroxyl groups is 2. The van der Waals surface area contributed by atoms with Gasteiger partial charge >= 0.3 is 0 Å². The zero-order chi connectivity index (χ0) is 18.6. The third-order valence-electron chi connectivity index (χ3n) is 4.41. The second-order valence-corrected chi connectivity index (χ2v) is 6.84. The van der Waals surface area contributed by atoms with Gasteiger partial charge < -0.3 is 10.2 Å². The molecule has 0 saturated heterocycles. The minimum absolute atomic E-state index is 0.303. The first-order valence-electron chi connectivity index (χ1n) is 8.76. The summed E-state index contributed by atoms with van der Waals surface area (Å²) in [4.78, 5) is 0. The average molecular weight is 336 g/mol. The van der Waals surface area contributed by atoms with Crippen molar-refractivity contribution in [3.05, 3.63) is 82.5 Å². The van der Waals surface area contributed by atoms with Gasteiger partial charge in [-0.1, -0.05) is 49.4 Å². The third kappa shape index (κ3) is 4.54. The van der Waals surface area contributed by atoms with Crippen LogP contribution in [0.1, 0.15) is 47.2 Å². The zero-order valence-electron chi connectivity index (χ0n) is 15.5. The lowest BCUT2D eigenvalue weighted by Gasteiger charge is -2.15. The SMILES string of the molecule is C=CCc1cc(CC)c(O)c(Cc2cc(CC(=C)C)cc(C)c2O)c1. The standard InChI is InChI=1S/C23H28O2/c1-6-8-17-11-19(7-2)23(25)21(12-17)14-20-13-18(9-15(3)4)10-16(5)22(20)24/h6,10-13,24-25H,1,3,7-9,14H2,2,4-5H3. The number of hydrogen-bond acceptors (Lipinski definition) is 2. The molecule has 132 valence electrons. The fourth-order valence-electron chi connectivity index (χ4n) is 3.24. The molecular weight excluding hydrogens is 308 g/mol. The van der Waals surface area contributed by atoms with Crippen molar-refractivity contribution in [1.29, 1.82) is 0 Å². The lowest BCUT2D eigenvalue weighted by Crippen LogP contribution is -1.98. The molecule has 0 spiro atoms. The normalized spacial score (nSPS) is 10.7. The molecule has 0 heterocycles. The van der Waals surface area contributed by atoms with Crippen molar-refractivity contribution in [2.24, 2.45) is 0 Å². The van der Waals surface area contributed by atoms with E-state index in [0.29, 0.717) is 17.9 Å². The van der Waals surface area contributed by atoms with Gasteiger partial charge in [-0.3, -0.25) is 0 Å². The van der Waals surface area contributed by atoms with Gasteiger partial charge in [-0.15, -0.1) is 6.58 Å². The van der Waals surface area contributed by atoms with Crippen LogP contribution < -0.4 is 0 Å². The van der Waals surface area contributed by atoms with Gasteiger partial charge in [0.05, 0.1) is 0 Å². The van der Waals surface area contributed by atoms with Crippen LogP contribution in [0.5, 0.6) is 11.5 Å². The maximum absolute atomic E-state index is 10.6. The Balaban J connectivity index is 2.48. The molecule has 2 N–H and O–H groups in total. The van der Waals surface area contributed by atoms with Crippen LogP contribution in [0.4, 0.5) is 0 Å². The fraction of sp³-hybridized carbons (Fsp3) is 0.304. The van der Waals surface area contributed by atoms with Crippen LogP contribution >= 0.6 is 0 Å². The predicted octanol–water partition coefficient (Wildman–Crippen LogP) is 5.41. The van der Waals surface area contributed by atoms with Gasteiger partial charge in [-0.05, 0) is 66.5 Å². The summed E-state index contributed by atoms with van der Waals surface area (Å²) in [6, 6.07) is 8.06. The molecule has 2 heteroatoms. The monoisotopic (exact) mass is 336 g/mol. The smallest absolute Gasteiger partial charge is 0.122 e. The van der Waals surface area contributed by atoms with Gasteiger partial charge in [0.25, 0.3) is 0 Å².